The molecule has 1 aromatic carbocycles. The molecule has 1 saturated carbocycles. The van der Waals surface area contributed by atoms with Gasteiger partial charge in [-0.1, -0.05) is 0 Å². The summed E-state index contributed by atoms with van der Waals surface area (Å²) >= 11 is 0. The highest BCUT2D eigenvalue weighted by Crippen LogP contribution is 2.19. The van der Waals surface area contributed by atoms with Gasteiger partial charge in [-0.3, -0.25) is 0 Å². The van der Waals surface area contributed by atoms with Gasteiger partial charge in [-0.25, -0.2) is 16.8 Å². The lowest BCUT2D eigenvalue weighted by molar-refractivity contribution is 0.123. The molecule has 0 spiro atoms. The third-order valence-electron chi connectivity index (χ3n) is 3.13. The monoisotopic (exact) mass is 389 g/mol. The molecule has 1 aliphatic rings. The number of hydrogen-bond acceptors (Lipinski definition) is 6. The van der Waals surface area contributed by atoms with Gasteiger partial charge in [-0.05, 0) is 49.9 Å². The average Bonchev–Trinajstić information content (AvgIpc) is 2.41. The van der Waals surface area contributed by atoms with Crippen LogP contribution in [0.15, 0.2) is 34.1 Å². The van der Waals surface area contributed by atoms with Crippen LogP contribution < -0.4 is 5.73 Å². The van der Waals surface area contributed by atoms with Crippen LogP contribution in [0, 0.1) is 0 Å². The fraction of sp³-hybridized carbons (Fsp3) is 0.500. The van der Waals surface area contributed by atoms with Gasteiger partial charge in [0, 0.05) is 27.4 Å². The highest BCUT2D eigenvalue weighted by atomic mass is 35.7. The van der Waals surface area contributed by atoms with Gasteiger partial charge in [0.2, 0.25) is 0 Å². The van der Waals surface area contributed by atoms with Gasteiger partial charge in [0.15, 0.2) is 0 Å². The maximum absolute atomic E-state index is 10.8. The summed E-state index contributed by atoms with van der Waals surface area (Å²) in [5, 5.41) is 8.97. The Hall–Kier alpha value is -0.380. The second-order valence-corrected chi connectivity index (χ2v) is 10.0. The van der Waals surface area contributed by atoms with Crippen LogP contribution in [0.5, 0.6) is 0 Å². The molecular formula is C12H17Cl2NO5S2. The van der Waals surface area contributed by atoms with E-state index in [0.717, 1.165) is 49.9 Å². The van der Waals surface area contributed by atoms with Crippen molar-refractivity contribution < 1.29 is 21.9 Å². The predicted octanol–water partition coefficient (Wildman–Crippen LogP) is 1.79. The van der Waals surface area contributed by atoms with Crippen LogP contribution in [-0.2, 0) is 18.1 Å². The highest BCUT2D eigenvalue weighted by molar-refractivity contribution is 8.14. The maximum Gasteiger partial charge on any atom is 0.261 e. The number of aliphatic hydroxyl groups excluding tert-OH is 1. The number of rotatable bonds is 2. The zero-order chi connectivity index (χ0) is 17.0. The molecule has 0 atom stereocenters. The lowest BCUT2D eigenvalue weighted by atomic mass is 9.94. The summed E-state index contributed by atoms with van der Waals surface area (Å²) in [6.07, 6.45) is 3.75. The van der Waals surface area contributed by atoms with Crippen molar-refractivity contribution in [3.05, 3.63) is 24.3 Å². The molecule has 0 aromatic heterocycles. The van der Waals surface area contributed by atoms with Gasteiger partial charge in [-0.2, -0.15) is 0 Å². The molecule has 22 heavy (non-hydrogen) atoms. The Morgan fingerprint density at radius 2 is 1.18 bits per heavy atom. The van der Waals surface area contributed by atoms with Crippen molar-refractivity contribution in [2.24, 2.45) is 5.73 Å². The van der Waals surface area contributed by atoms with E-state index in [1.165, 1.54) is 0 Å². The van der Waals surface area contributed by atoms with Gasteiger partial charge < -0.3 is 10.8 Å². The smallest absolute Gasteiger partial charge is 0.261 e. The minimum Gasteiger partial charge on any atom is -0.393 e. The second kappa shape index (κ2) is 7.94. The molecule has 10 heteroatoms. The minimum atomic E-state index is -3.83. The Morgan fingerprint density at radius 3 is 1.41 bits per heavy atom. The Morgan fingerprint density at radius 1 is 0.864 bits per heavy atom. The van der Waals surface area contributed by atoms with E-state index in [0.29, 0.717) is 6.04 Å². The first kappa shape index (κ1) is 19.7. The molecule has 0 saturated heterocycles. The topological polar surface area (TPSA) is 115 Å². The molecule has 1 fully saturated rings. The quantitative estimate of drug-likeness (QED) is 0.744. The van der Waals surface area contributed by atoms with Gasteiger partial charge in [0.05, 0.1) is 15.9 Å². The lowest BCUT2D eigenvalue weighted by Crippen LogP contribution is -2.28. The van der Waals surface area contributed by atoms with Crippen molar-refractivity contribution in [2.75, 3.05) is 0 Å². The molecular weight excluding hydrogens is 373 g/mol. The number of aliphatic hydroxyl groups is 1. The Bertz CT molecular complexity index is 620. The molecule has 2 rings (SSSR count). The van der Waals surface area contributed by atoms with Crippen LogP contribution in [-0.4, -0.2) is 34.1 Å². The second-order valence-electron chi connectivity index (χ2n) is 4.92. The van der Waals surface area contributed by atoms with E-state index in [4.69, 9.17) is 32.2 Å². The highest BCUT2D eigenvalue weighted by Gasteiger charge is 2.15. The van der Waals surface area contributed by atoms with E-state index >= 15 is 0 Å². The molecule has 1 aromatic rings. The lowest BCUT2D eigenvalue weighted by Gasteiger charge is -2.21. The van der Waals surface area contributed by atoms with E-state index in [1.807, 2.05) is 0 Å². The molecule has 0 unspecified atom stereocenters. The third-order valence-corrected chi connectivity index (χ3v) is 5.87. The zero-order valence-corrected chi connectivity index (χ0v) is 14.7. The van der Waals surface area contributed by atoms with Crippen LogP contribution in [0.1, 0.15) is 25.7 Å². The summed E-state index contributed by atoms with van der Waals surface area (Å²) < 4.78 is 43.1. The molecule has 0 amide bonds. The predicted molar refractivity (Wildman–Crippen MR) is 85.0 cm³/mol. The largest absolute Gasteiger partial charge is 0.393 e. The van der Waals surface area contributed by atoms with Crippen molar-refractivity contribution in [2.45, 2.75) is 47.6 Å². The van der Waals surface area contributed by atoms with Crippen LogP contribution in [0.4, 0.5) is 0 Å². The fourth-order valence-corrected chi connectivity index (χ4v) is 3.41. The maximum atomic E-state index is 10.8. The first-order valence-electron chi connectivity index (χ1n) is 6.43. The van der Waals surface area contributed by atoms with E-state index in [2.05, 4.69) is 0 Å². The van der Waals surface area contributed by atoms with Crippen molar-refractivity contribution >= 4 is 39.5 Å². The van der Waals surface area contributed by atoms with E-state index in [1.54, 1.807) is 0 Å². The fourth-order valence-electron chi connectivity index (χ4n) is 1.87. The normalized spacial score (nSPS) is 22.5. The van der Waals surface area contributed by atoms with Gasteiger partial charge in [0.1, 0.15) is 0 Å². The van der Waals surface area contributed by atoms with Crippen molar-refractivity contribution in [3.8, 4) is 0 Å². The van der Waals surface area contributed by atoms with E-state index in [-0.39, 0.29) is 15.9 Å². The van der Waals surface area contributed by atoms with E-state index < -0.39 is 18.1 Å². The number of nitrogens with two attached hydrogens (primary N) is 1. The van der Waals surface area contributed by atoms with Gasteiger partial charge >= 0.3 is 0 Å². The molecule has 6 nitrogen and oxygen atoms in total. The summed E-state index contributed by atoms with van der Waals surface area (Å²) in [5.41, 5.74) is 5.59. The molecule has 0 heterocycles. The molecule has 3 N–H and O–H groups in total. The molecule has 0 aliphatic heterocycles. The Balaban J connectivity index is 0.000000255. The molecule has 0 radical (unpaired) electrons. The van der Waals surface area contributed by atoms with Crippen LogP contribution in [0.2, 0.25) is 0 Å². The summed E-state index contributed by atoms with van der Waals surface area (Å²) in [5.74, 6) is 0. The summed E-state index contributed by atoms with van der Waals surface area (Å²) in [7, 11) is 2.37. The van der Waals surface area contributed by atoms with Crippen LogP contribution in [0.3, 0.4) is 0 Å². The summed E-state index contributed by atoms with van der Waals surface area (Å²) in [6, 6.07) is 4.63. The summed E-state index contributed by atoms with van der Waals surface area (Å²) in [6.45, 7) is 0. The van der Waals surface area contributed by atoms with Gasteiger partial charge in [-0.15, -0.1) is 0 Å². The first-order chi connectivity index (χ1) is 10.00. The van der Waals surface area contributed by atoms with Crippen molar-refractivity contribution in [1.82, 2.24) is 0 Å². The molecule has 126 valence electrons. The van der Waals surface area contributed by atoms with Crippen molar-refractivity contribution in [3.63, 3.8) is 0 Å². The molecule has 1 aliphatic carbocycles. The van der Waals surface area contributed by atoms with Crippen molar-refractivity contribution in [1.29, 1.82) is 0 Å². The zero-order valence-electron chi connectivity index (χ0n) is 11.5. The van der Waals surface area contributed by atoms with Crippen LogP contribution >= 0.6 is 21.4 Å². The van der Waals surface area contributed by atoms with Crippen LogP contribution in [0.25, 0.3) is 0 Å². The summed E-state index contributed by atoms with van der Waals surface area (Å²) in [4.78, 5) is -0.355. The Labute approximate surface area is 139 Å². The standard InChI is InChI=1S/C6H4Cl2O4S2.C6H13NO/c7-13(9,10)5-1-2-6(4-3-5)14(8,11)12;7-5-1-3-6(8)4-2-5/h1-4H;5-6,8H,1-4,7H2. The molecule has 0 bridgehead atoms. The minimum absolute atomic E-state index is 0.0604. The SMILES string of the molecule is NC1CCC(O)CC1.O=S(=O)(Cl)c1ccc(S(=O)(=O)Cl)cc1. The number of hydrogen-bond donors (Lipinski definition) is 2. The third kappa shape index (κ3) is 6.80. The number of halogens is 2. The Kier molecular flexibility index (Phi) is 7.10. The number of benzene rings is 1. The average molecular weight is 390 g/mol. The first-order valence-corrected chi connectivity index (χ1v) is 11.0. The van der Waals surface area contributed by atoms with E-state index in [9.17, 15) is 16.8 Å². The van der Waals surface area contributed by atoms with Gasteiger partial charge in [0.25, 0.3) is 18.1 Å².